The number of carbonyl (C=O) groups excluding carboxylic acids is 2. The maximum absolute atomic E-state index is 12.5. The molecule has 2 amide bonds. The minimum atomic E-state index is -0.199. The Bertz CT molecular complexity index is 734. The molecule has 1 aromatic rings. The van der Waals surface area contributed by atoms with Crippen LogP contribution in [-0.2, 0) is 16.1 Å². The second-order valence-corrected chi connectivity index (χ2v) is 8.58. The summed E-state index contributed by atoms with van der Waals surface area (Å²) in [5.41, 5.74) is 2.48. The van der Waals surface area contributed by atoms with Gasteiger partial charge < -0.3 is 20.1 Å². The van der Waals surface area contributed by atoms with Gasteiger partial charge in [0.15, 0.2) is 0 Å². The molecule has 1 fully saturated rings. The van der Waals surface area contributed by atoms with Gasteiger partial charge in [-0.25, -0.2) is 0 Å². The predicted molar refractivity (Wildman–Crippen MR) is 121 cm³/mol. The number of hydrogen-bond acceptors (Lipinski definition) is 5. The summed E-state index contributed by atoms with van der Waals surface area (Å²) in [7, 11) is 0. The Labute approximate surface area is 185 Å². The average Bonchev–Trinajstić information content (AvgIpc) is 2.78. The van der Waals surface area contributed by atoms with Crippen LogP contribution in [0.25, 0.3) is 0 Å². The van der Waals surface area contributed by atoms with Crippen LogP contribution in [0, 0.1) is 0 Å². The zero-order chi connectivity index (χ0) is 22.1. The van der Waals surface area contributed by atoms with E-state index in [1.54, 1.807) is 13.0 Å². The van der Waals surface area contributed by atoms with E-state index >= 15 is 0 Å². The van der Waals surface area contributed by atoms with Crippen molar-refractivity contribution in [2.75, 3.05) is 44.4 Å². The number of benzene rings is 1. The van der Waals surface area contributed by atoms with Crippen LogP contribution in [0.5, 0.6) is 0 Å². The lowest BCUT2D eigenvalue weighted by molar-refractivity contribution is -0.116. The zero-order valence-corrected chi connectivity index (χ0v) is 18.8. The first-order chi connectivity index (χ1) is 15.1. The molecule has 0 aromatic heterocycles. The maximum Gasteiger partial charge on any atom is 0.251 e. The fraction of sp³-hybridized carbons (Fsp3) is 0.667. The fourth-order valence-electron chi connectivity index (χ4n) is 4.61. The lowest BCUT2D eigenvalue weighted by Gasteiger charge is -2.36. The minimum absolute atomic E-state index is 0.0356. The summed E-state index contributed by atoms with van der Waals surface area (Å²) < 4.78 is 5.58. The van der Waals surface area contributed by atoms with E-state index in [0.29, 0.717) is 24.7 Å². The van der Waals surface area contributed by atoms with Crippen LogP contribution in [0.1, 0.15) is 67.8 Å². The molecule has 0 atom stereocenters. The number of ether oxygens (including phenoxy) is 1. The van der Waals surface area contributed by atoms with Crippen molar-refractivity contribution in [3.63, 3.8) is 0 Å². The van der Waals surface area contributed by atoms with Gasteiger partial charge >= 0.3 is 0 Å². The SMILES string of the molecule is CC(=O)N1CCCCCCCN(C2CCOCC2)Cc2cc(C(=O)NCCO)ccc21. The van der Waals surface area contributed by atoms with Crippen molar-refractivity contribution < 1.29 is 19.4 Å². The van der Waals surface area contributed by atoms with E-state index in [4.69, 9.17) is 9.84 Å². The Morgan fingerprint density at radius 1 is 1.10 bits per heavy atom. The molecule has 0 bridgehead atoms. The Morgan fingerprint density at radius 3 is 2.52 bits per heavy atom. The third kappa shape index (κ3) is 6.76. The van der Waals surface area contributed by atoms with Crippen molar-refractivity contribution in [1.29, 1.82) is 0 Å². The van der Waals surface area contributed by atoms with Gasteiger partial charge in [-0.2, -0.15) is 0 Å². The van der Waals surface area contributed by atoms with Gasteiger partial charge in [0.2, 0.25) is 5.91 Å². The molecule has 2 aliphatic heterocycles. The monoisotopic (exact) mass is 431 g/mol. The smallest absolute Gasteiger partial charge is 0.251 e. The molecule has 0 spiro atoms. The van der Waals surface area contributed by atoms with Gasteiger partial charge in [-0.3, -0.25) is 14.5 Å². The van der Waals surface area contributed by atoms with E-state index in [-0.39, 0.29) is 25.0 Å². The number of aliphatic hydroxyl groups is 1. The molecular formula is C24H37N3O4. The van der Waals surface area contributed by atoms with E-state index in [2.05, 4.69) is 10.2 Å². The van der Waals surface area contributed by atoms with Crippen LogP contribution >= 0.6 is 0 Å². The number of rotatable bonds is 4. The van der Waals surface area contributed by atoms with Crippen LogP contribution in [-0.4, -0.2) is 67.3 Å². The first-order valence-electron chi connectivity index (χ1n) is 11.7. The molecule has 7 heteroatoms. The minimum Gasteiger partial charge on any atom is -0.395 e. The number of fused-ring (bicyclic) bond motifs is 1. The highest BCUT2D eigenvalue weighted by Crippen LogP contribution is 2.28. The van der Waals surface area contributed by atoms with Gasteiger partial charge in [0.05, 0.1) is 6.61 Å². The number of hydrogen-bond donors (Lipinski definition) is 2. The third-order valence-electron chi connectivity index (χ3n) is 6.32. The molecule has 0 radical (unpaired) electrons. The highest BCUT2D eigenvalue weighted by molar-refractivity contribution is 5.97. The number of carbonyl (C=O) groups is 2. The zero-order valence-electron chi connectivity index (χ0n) is 18.8. The van der Waals surface area contributed by atoms with Gasteiger partial charge in [-0.15, -0.1) is 0 Å². The highest BCUT2D eigenvalue weighted by atomic mass is 16.5. The van der Waals surface area contributed by atoms with Crippen LogP contribution < -0.4 is 10.2 Å². The van der Waals surface area contributed by atoms with E-state index in [9.17, 15) is 9.59 Å². The molecule has 0 aliphatic carbocycles. The van der Waals surface area contributed by atoms with Crippen LogP contribution in [0.15, 0.2) is 18.2 Å². The highest BCUT2D eigenvalue weighted by Gasteiger charge is 2.25. The first kappa shape index (κ1) is 23.7. The summed E-state index contributed by atoms with van der Waals surface area (Å²) in [6.07, 6.45) is 7.71. The van der Waals surface area contributed by atoms with Gasteiger partial charge in [0.25, 0.3) is 5.91 Å². The second-order valence-electron chi connectivity index (χ2n) is 8.58. The summed E-state index contributed by atoms with van der Waals surface area (Å²) in [6.45, 7) is 5.77. The van der Waals surface area contributed by atoms with Crippen LogP contribution in [0.2, 0.25) is 0 Å². The lowest BCUT2D eigenvalue weighted by atomic mass is 10.0. The van der Waals surface area contributed by atoms with Gasteiger partial charge in [-0.05, 0) is 56.0 Å². The van der Waals surface area contributed by atoms with E-state index in [0.717, 1.165) is 56.7 Å². The molecular weight excluding hydrogens is 394 g/mol. The molecule has 7 nitrogen and oxygen atoms in total. The molecule has 2 aliphatic rings. The molecule has 0 unspecified atom stereocenters. The van der Waals surface area contributed by atoms with E-state index in [1.165, 1.54) is 19.3 Å². The van der Waals surface area contributed by atoms with Crippen molar-refractivity contribution in [3.05, 3.63) is 29.3 Å². The van der Waals surface area contributed by atoms with E-state index in [1.807, 2.05) is 17.0 Å². The second kappa shape index (κ2) is 12.2. The number of nitrogens with one attached hydrogen (secondary N) is 1. The van der Waals surface area contributed by atoms with Crippen molar-refractivity contribution in [2.45, 2.75) is 64.5 Å². The summed E-state index contributed by atoms with van der Waals surface area (Å²) >= 11 is 0. The lowest BCUT2D eigenvalue weighted by Crippen LogP contribution is -2.40. The normalized spacial score (nSPS) is 19.7. The topological polar surface area (TPSA) is 82.1 Å². The van der Waals surface area contributed by atoms with Gasteiger partial charge in [-0.1, -0.05) is 19.3 Å². The molecule has 2 N–H and O–H groups in total. The molecule has 1 aromatic carbocycles. The Kier molecular flexibility index (Phi) is 9.31. The summed E-state index contributed by atoms with van der Waals surface area (Å²) in [6, 6.07) is 6.09. The number of nitrogens with zero attached hydrogens (tertiary/aromatic N) is 2. The summed E-state index contributed by atoms with van der Waals surface area (Å²) in [5, 5.41) is 11.8. The summed E-state index contributed by atoms with van der Waals surface area (Å²) in [4.78, 5) is 29.4. The molecule has 2 heterocycles. The van der Waals surface area contributed by atoms with Crippen molar-refractivity contribution in [1.82, 2.24) is 10.2 Å². The van der Waals surface area contributed by atoms with Crippen LogP contribution in [0.4, 0.5) is 5.69 Å². The van der Waals surface area contributed by atoms with Crippen molar-refractivity contribution in [2.24, 2.45) is 0 Å². The molecule has 172 valence electrons. The molecule has 0 saturated carbocycles. The fourth-order valence-corrected chi connectivity index (χ4v) is 4.61. The molecule has 1 saturated heterocycles. The number of aliphatic hydroxyl groups excluding tert-OH is 1. The summed E-state index contributed by atoms with van der Waals surface area (Å²) in [5.74, 6) is -0.164. The molecule has 31 heavy (non-hydrogen) atoms. The quantitative estimate of drug-likeness (QED) is 0.766. The Balaban J connectivity index is 1.95. The number of anilines is 1. The largest absolute Gasteiger partial charge is 0.395 e. The number of amides is 2. The van der Waals surface area contributed by atoms with Crippen LogP contribution in [0.3, 0.4) is 0 Å². The van der Waals surface area contributed by atoms with E-state index < -0.39 is 0 Å². The van der Waals surface area contributed by atoms with Gasteiger partial charge in [0, 0.05) is 57.1 Å². The standard InChI is InChI=1S/C24H37N3O4/c1-19(29)27-13-6-4-2-3-5-12-26(22-9-15-31-16-10-22)18-21-17-20(7-8-23(21)27)24(30)25-11-14-28/h7-8,17,22,28H,2-6,9-16,18H2,1H3,(H,25,30). The maximum atomic E-state index is 12.5. The Morgan fingerprint density at radius 2 is 1.81 bits per heavy atom. The third-order valence-corrected chi connectivity index (χ3v) is 6.32. The molecule has 3 rings (SSSR count). The predicted octanol–water partition coefficient (Wildman–Crippen LogP) is 2.71. The average molecular weight is 432 g/mol. The Hall–Kier alpha value is -1.96. The first-order valence-corrected chi connectivity index (χ1v) is 11.7. The van der Waals surface area contributed by atoms with Crippen molar-refractivity contribution in [3.8, 4) is 0 Å². The van der Waals surface area contributed by atoms with Crippen molar-refractivity contribution >= 4 is 17.5 Å². The van der Waals surface area contributed by atoms with Gasteiger partial charge in [0.1, 0.15) is 0 Å².